The number of hydrogen-bond donors (Lipinski definition) is 3. The summed E-state index contributed by atoms with van der Waals surface area (Å²) in [6.45, 7) is 6.26. The van der Waals surface area contributed by atoms with Crippen LogP contribution in [0.25, 0.3) is 0 Å². The van der Waals surface area contributed by atoms with E-state index in [-0.39, 0.29) is 30.9 Å². The van der Waals surface area contributed by atoms with E-state index in [1.54, 1.807) is 7.11 Å². The maximum atomic E-state index is 12.4. The molecule has 28 heavy (non-hydrogen) atoms. The van der Waals surface area contributed by atoms with Gasteiger partial charge in [0.05, 0.1) is 20.2 Å². The highest BCUT2D eigenvalue weighted by Gasteiger charge is 2.18. The van der Waals surface area contributed by atoms with E-state index in [9.17, 15) is 9.59 Å². The molecule has 2 aromatic carbocycles. The molecule has 150 valence electrons. The number of hydrogen-bond acceptors (Lipinski definition) is 3. The predicted molar refractivity (Wildman–Crippen MR) is 111 cm³/mol. The van der Waals surface area contributed by atoms with E-state index >= 15 is 0 Å². The first-order valence-corrected chi connectivity index (χ1v) is 9.41. The third kappa shape index (κ3) is 5.82. The minimum atomic E-state index is -0.181. The van der Waals surface area contributed by atoms with Gasteiger partial charge in [-0.3, -0.25) is 9.59 Å². The summed E-state index contributed by atoms with van der Waals surface area (Å²) in [6.07, 6.45) is 0. The van der Waals surface area contributed by atoms with Crippen LogP contribution in [-0.2, 0) is 9.59 Å². The number of methoxy groups -OCH3 is 1. The Morgan fingerprint density at radius 3 is 2.25 bits per heavy atom. The van der Waals surface area contributed by atoms with Gasteiger partial charge in [0.1, 0.15) is 5.75 Å². The van der Waals surface area contributed by atoms with Crippen molar-refractivity contribution in [1.29, 1.82) is 0 Å². The number of anilines is 1. The summed E-state index contributed by atoms with van der Waals surface area (Å²) in [5.74, 6) is 0.514. The van der Waals surface area contributed by atoms with Crippen molar-refractivity contribution >= 4 is 17.5 Å². The molecule has 2 amide bonds. The summed E-state index contributed by atoms with van der Waals surface area (Å²) in [5, 5.41) is 5.93. The second-order valence-corrected chi connectivity index (χ2v) is 7.16. The molecular weight excluding hydrogens is 354 g/mol. The Labute approximate surface area is 166 Å². The maximum absolute atomic E-state index is 12.4. The number of aryl methyl sites for hydroxylation is 2. The number of ether oxygens (including phenoxy) is 1. The fourth-order valence-corrected chi connectivity index (χ4v) is 3.20. The number of para-hydroxylation sites is 2. The zero-order chi connectivity index (χ0) is 20.7. The first-order valence-electron chi connectivity index (χ1n) is 9.41. The van der Waals surface area contributed by atoms with E-state index in [1.165, 1.54) is 0 Å². The summed E-state index contributed by atoms with van der Waals surface area (Å²) in [7, 11) is 3.44. The Balaban J connectivity index is 1.87. The first-order chi connectivity index (χ1) is 13.3. The standard InChI is InChI=1S/C22H29N3O3/c1-15-9-8-10-16(2)22(15)24-21(27)14-25(4)13-20(26)23-17(3)18-11-6-7-12-19(18)28-5/h6-12,17H,13-14H2,1-5H3,(H,23,26)(H,24,27)/p+1/t17-/m0/s1. The molecule has 1 unspecified atom stereocenters. The molecule has 0 aliphatic carbocycles. The molecule has 0 aliphatic rings. The fourth-order valence-electron chi connectivity index (χ4n) is 3.20. The number of nitrogens with one attached hydrogen (secondary N) is 3. The van der Waals surface area contributed by atoms with Crippen molar-refractivity contribution in [2.45, 2.75) is 26.8 Å². The van der Waals surface area contributed by atoms with E-state index in [2.05, 4.69) is 10.6 Å². The molecule has 2 atom stereocenters. The van der Waals surface area contributed by atoms with Gasteiger partial charge in [0.2, 0.25) is 0 Å². The zero-order valence-corrected chi connectivity index (χ0v) is 17.3. The van der Waals surface area contributed by atoms with Crippen molar-refractivity contribution in [3.63, 3.8) is 0 Å². The fraction of sp³-hybridized carbons (Fsp3) is 0.364. The molecule has 0 fully saturated rings. The molecule has 0 heterocycles. The lowest BCUT2D eigenvalue weighted by Gasteiger charge is -2.19. The highest BCUT2D eigenvalue weighted by Crippen LogP contribution is 2.24. The average molecular weight is 385 g/mol. The monoisotopic (exact) mass is 384 g/mol. The Morgan fingerprint density at radius 1 is 1.00 bits per heavy atom. The maximum Gasteiger partial charge on any atom is 0.279 e. The third-order valence-corrected chi connectivity index (χ3v) is 4.65. The Hall–Kier alpha value is -2.86. The highest BCUT2D eigenvalue weighted by atomic mass is 16.5. The van der Waals surface area contributed by atoms with Gasteiger partial charge < -0.3 is 20.3 Å². The predicted octanol–water partition coefficient (Wildman–Crippen LogP) is 1.64. The van der Waals surface area contributed by atoms with Crippen molar-refractivity contribution in [3.05, 3.63) is 59.2 Å². The Bertz CT molecular complexity index is 815. The van der Waals surface area contributed by atoms with E-state index in [0.29, 0.717) is 0 Å². The van der Waals surface area contributed by atoms with Crippen LogP contribution in [0.2, 0.25) is 0 Å². The van der Waals surface area contributed by atoms with Gasteiger partial charge >= 0.3 is 0 Å². The van der Waals surface area contributed by atoms with Crippen molar-refractivity contribution in [2.75, 3.05) is 32.6 Å². The smallest absolute Gasteiger partial charge is 0.279 e. The lowest BCUT2D eigenvalue weighted by Crippen LogP contribution is -3.11. The molecule has 0 radical (unpaired) electrons. The zero-order valence-electron chi connectivity index (χ0n) is 17.3. The molecule has 0 saturated carbocycles. The van der Waals surface area contributed by atoms with Crippen LogP contribution in [-0.4, -0.2) is 39.1 Å². The summed E-state index contributed by atoms with van der Waals surface area (Å²) < 4.78 is 5.35. The molecule has 2 rings (SSSR count). The van der Waals surface area contributed by atoms with Crippen LogP contribution >= 0.6 is 0 Å². The van der Waals surface area contributed by atoms with Crippen LogP contribution in [0.4, 0.5) is 5.69 Å². The van der Waals surface area contributed by atoms with Crippen LogP contribution in [0.1, 0.15) is 29.7 Å². The SMILES string of the molecule is COc1ccccc1[C@H](C)NC(=O)C[NH+](C)CC(=O)Nc1c(C)cccc1C. The summed E-state index contributed by atoms with van der Waals surface area (Å²) in [5.41, 5.74) is 3.81. The van der Waals surface area contributed by atoms with Crippen molar-refractivity contribution in [2.24, 2.45) is 0 Å². The Kier molecular flexibility index (Phi) is 7.58. The molecule has 0 bridgehead atoms. The van der Waals surface area contributed by atoms with Crippen LogP contribution in [0.15, 0.2) is 42.5 Å². The number of benzene rings is 2. The molecule has 0 spiro atoms. The van der Waals surface area contributed by atoms with Gasteiger partial charge in [-0.05, 0) is 38.0 Å². The van der Waals surface area contributed by atoms with Gasteiger partial charge in [-0.15, -0.1) is 0 Å². The lowest BCUT2D eigenvalue weighted by molar-refractivity contribution is -0.862. The molecular formula is C22H30N3O3+. The number of rotatable bonds is 8. The van der Waals surface area contributed by atoms with Gasteiger partial charge in [0.25, 0.3) is 11.8 Å². The number of likely N-dealkylation sites (N-methyl/N-ethyl adjacent to an activating group) is 1. The number of quaternary nitrogens is 1. The molecule has 0 aromatic heterocycles. The molecule has 6 heteroatoms. The summed E-state index contributed by atoms with van der Waals surface area (Å²) in [6, 6.07) is 13.3. The van der Waals surface area contributed by atoms with E-state index < -0.39 is 0 Å². The van der Waals surface area contributed by atoms with Gasteiger partial charge in [-0.25, -0.2) is 0 Å². The molecule has 0 saturated heterocycles. The third-order valence-electron chi connectivity index (χ3n) is 4.65. The summed E-state index contributed by atoms with van der Waals surface area (Å²) in [4.78, 5) is 25.5. The van der Waals surface area contributed by atoms with E-state index in [4.69, 9.17) is 4.74 Å². The van der Waals surface area contributed by atoms with Crippen molar-refractivity contribution < 1.29 is 19.2 Å². The second kappa shape index (κ2) is 9.90. The van der Waals surface area contributed by atoms with Crippen molar-refractivity contribution in [1.82, 2.24) is 5.32 Å². The number of carbonyl (C=O) groups excluding carboxylic acids is 2. The average Bonchev–Trinajstić information content (AvgIpc) is 2.64. The second-order valence-electron chi connectivity index (χ2n) is 7.16. The van der Waals surface area contributed by atoms with Crippen LogP contribution in [0.3, 0.4) is 0 Å². The van der Waals surface area contributed by atoms with Crippen LogP contribution in [0, 0.1) is 13.8 Å². The van der Waals surface area contributed by atoms with Crippen molar-refractivity contribution in [3.8, 4) is 5.75 Å². The Morgan fingerprint density at radius 2 is 1.61 bits per heavy atom. The lowest BCUT2D eigenvalue weighted by atomic mass is 10.1. The number of amides is 2. The minimum absolute atomic E-state index is 0.111. The molecule has 0 aliphatic heterocycles. The molecule has 3 N–H and O–H groups in total. The topological polar surface area (TPSA) is 71.9 Å². The van der Waals surface area contributed by atoms with Crippen LogP contribution < -0.4 is 20.3 Å². The van der Waals surface area contributed by atoms with E-state index in [0.717, 1.165) is 33.0 Å². The quantitative estimate of drug-likeness (QED) is 0.648. The van der Waals surface area contributed by atoms with Gasteiger partial charge in [-0.1, -0.05) is 36.4 Å². The normalized spacial score (nSPS) is 12.8. The van der Waals surface area contributed by atoms with Crippen LogP contribution in [0.5, 0.6) is 5.75 Å². The van der Waals surface area contributed by atoms with Gasteiger partial charge in [-0.2, -0.15) is 0 Å². The van der Waals surface area contributed by atoms with Gasteiger partial charge in [0, 0.05) is 11.3 Å². The molecule has 2 aromatic rings. The summed E-state index contributed by atoms with van der Waals surface area (Å²) >= 11 is 0. The number of carbonyl (C=O) groups is 2. The molecule has 6 nitrogen and oxygen atoms in total. The first kappa shape index (κ1) is 21.4. The van der Waals surface area contributed by atoms with Gasteiger partial charge in [0.15, 0.2) is 13.1 Å². The van der Waals surface area contributed by atoms with E-state index in [1.807, 2.05) is 70.3 Å². The highest BCUT2D eigenvalue weighted by molar-refractivity contribution is 5.93. The minimum Gasteiger partial charge on any atom is -0.496 e. The largest absolute Gasteiger partial charge is 0.496 e.